The Bertz CT molecular complexity index is 373. The Balaban J connectivity index is 1.56. The second-order valence-electron chi connectivity index (χ2n) is 5.55. The number of fused-ring (bicyclic) bond motifs is 1. The third-order valence-corrected chi connectivity index (χ3v) is 4.06. The van der Waals surface area contributed by atoms with Gasteiger partial charge in [-0.1, -0.05) is 6.92 Å². The van der Waals surface area contributed by atoms with Crippen LogP contribution in [-0.4, -0.2) is 40.1 Å². The van der Waals surface area contributed by atoms with Crippen LogP contribution in [0, 0.1) is 5.92 Å². The lowest BCUT2D eigenvalue weighted by Gasteiger charge is -2.34. The molecule has 1 aromatic rings. The molecule has 1 fully saturated rings. The van der Waals surface area contributed by atoms with Crippen molar-refractivity contribution in [1.29, 1.82) is 0 Å². The van der Waals surface area contributed by atoms with E-state index in [9.17, 15) is 0 Å². The number of imidazole rings is 1. The number of piperidine rings is 1. The van der Waals surface area contributed by atoms with E-state index in [-0.39, 0.29) is 0 Å². The lowest BCUT2D eigenvalue weighted by atomic mass is 9.94. The minimum Gasteiger partial charge on any atom is -0.333 e. The molecule has 2 atom stereocenters. The van der Waals surface area contributed by atoms with Crippen molar-refractivity contribution in [1.82, 2.24) is 19.8 Å². The number of nitrogens with zero attached hydrogens (tertiary/aromatic N) is 3. The monoisotopic (exact) mass is 234 g/mol. The van der Waals surface area contributed by atoms with Crippen molar-refractivity contribution in [3.63, 3.8) is 0 Å². The zero-order chi connectivity index (χ0) is 11.7. The second-order valence-corrected chi connectivity index (χ2v) is 5.55. The molecule has 2 unspecified atom stereocenters. The van der Waals surface area contributed by atoms with E-state index in [1.54, 1.807) is 0 Å². The molecule has 1 N–H and O–H groups in total. The molecule has 2 aliphatic heterocycles. The van der Waals surface area contributed by atoms with Gasteiger partial charge >= 0.3 is 0 Å². The first-order valence-corrected chi connectivity index (χ1v) is 6.77. The molecule has 17 heavy (non-hydrogen) atoms. The molecule has 0 bridgehead atoms. The van der Waals surface area contributed by atoms with Crippen LogP contribution in [0.25, 0.3) is 0 Å². The van der Waals surface area contributed by atoms with Crippen LogP contribution < -0.4 is 5.32 Å². The Morgan fingerprint density at radius 3 is 3.29 bits per heavy atom. The lowest BCUT2D eigenvalue weighted by molar-refractivity contribution is 0.172. The molecule has 0 spiro atoms. The van der Waals surface area contributed by atoms with Gasteiger partial charge in [-0.3, -0.25) is 4.90 Å². The van der Waals surface area contributed by atoms with Gasteiger partial charge in [0.1, 0.15) is 5.82 Å². The minimum atomic E-state index is 0.681. The van der Waals surface area contributed by atoms with Gasteiger partial charge in [-0.05, 0) is 25.3 Å². The summed E-state index contributed by atoms with van der Waals surface area (Å²) in [7, 11) is 0. The molecule has 0 radical (unpaired) electrons. The van der Waals surface area contributed by atoms with Crippen molar-refractivity contribution < 1.29 is 0 Å². The van der Waals surface area contributed by atoms with Gasteiger partial charge in [-0.2, -0.15) is 0 Å². The van der Waals surface area contributed by atoms with Crippen molar-refractivity contribution in [3.05, 3.63) is 18.2 Å². The summed E-state index contributed by atoms with van der Waals surface area (Å²) in [5.74, 6) is 2.10. The van der Waals surface area contributed by atoms with Crippen molar-refractivity contribution in [3.8, 4) is 0 Å². The molecular formula is C13H22N4. The highest BCUT2D eigenvalue weighted by atomic mass is 15.2. The van der Waals surface area contributed by atoms with Gasteiger partial charge in [0.15, 0.2) is 0 Å². The molecule has 94 valence electrons. The maximum atomic E-state index is 4.42. The first kappa shape index (κ1) is 11.2. The first-order chi connectivity index (χ1) is 8.31. The van der Waals surface area contributed by atoms with Crippen molar-refractivity contribution in [2.24, 2.45) is 5.92 Å². The molecule has 3 heterocycles. The third-order valence-electron chi connectivity index (χ3n) is 4.06. The summed E-state index contributed by atoms with van der Waals surface area (Å²) in [6, 6.07) is 0.681. The molecule has 1 saturated heterocycles. The topological polar surface area (TPSA) is 33.1 Å². The second kappa shape index (κ2) is 4.78. The minimum absolute atomic E-state index is 0.681. The number of nitrogens with one attached hydrogen (secondary N) is 1. The van der Waals surface area contributed by atoms with Crippen molar-refractivity contribution in [2.45, 2.75) is 38.9 Å². The van der Waals surface area contributed by atoms with E-state index in [2.05, 4.69) is 32.9 Å². The average Bonchev–Trinajstić information content (AvgIpc) is 2.76. The predicted molar refractivity (Wildman–Crippen MR) is 67.7 cm³/mol. The largest absolute Gasteiger partial charge is 0.333 e. The summed E-state index contributed by atoms with van der Waals surface area (Å²) in [5, 5.41) is 3.65. The number of rotatable bonds is 2. The Labute approximate surface area is 103 Å². The summed E-state index contributed by atoms with van der Waals surface area (Å²) < 4.78 is 2.27. The highest BCUT2D eigenvalue weighted by Gasteiger charge is 2.23. The van der Waals surface area contributed by atoms with E-state index in [0.717, 1.165) is 25.6 Å². The standard InChI is InChI=1S/C13H22N4/c1-11-2-3-14-12(8-11)9-16-6-7-17-5-4-15-13(17)10-16/h4-5,11-12,14H,2-3,6-10H2,1H3. The SMILES string of the molecule is CC1CCNC(CN2CCn3ccnc3C2)C1. The van der Waals surface area contributed by atoms with Crippen LogP contribution in [0.2, 0.25) is 0 Å². The Kier molecular flexibility index (Phi) is 3.16. The zero-order valence-corrected chi connectivity index (χ0v) is 10.6. The molecule has 0 amide bonds. The highest BCUT2D eigenvalue weighted by Crippen LogP contribution is 2.17. The molecule has 3 rings (SSSR count). The Hall–Kier alpha value is -0.870. The van der Waals surface area contributed by atoms with E-state index in [4.69, 9.17) is 0 Å². The fourth-order valence-electron chi connectivity index (χ4n) is 3.05. The van der Waals surface area contributed by atoms with Gasteiger partial charge in [0.25, 0.3) is 0 Å². The average molecular weight is 234 g/mol. The number of hydrogen-bond acceptors (Lipinski definition) is 3. The Morgan fingerprint density at radius 1 is 1.47 bits per heavy atom. The van der Waals surface area contributed by atoms with E-state index >= 15 is 0 Å². The molecule has 4 nitrogen and oxygen atoms in total. The zero-order valence-electron chi connectivity index (χ0n) is 10.6. The van der Waals surface area contributed by atoms with Gasteiger partial charge in [-0.25, -0.2) is 4.98 Å². The molecule has 0 aromatic carbocycles. The molecule has 0 aliphatic carbocycles. The van der Waals surface area contributed by atoms with Crippen LogP contribution in [0.15, 0.2) is 12.4 Å². The third kappa shape index (κ3) is 2.53. The molecule has 1 aromatic heterocycles. The van der Waals surface area contributed by atoms with E-state index in [0.29, 0.717) is 6.04 Å². The van der Waals surface area contributed by atoms with Gasteiger partial charge in [0.2, 0.25) is 0 Å². The normalized spacial score (nSPS) is 30.2. The summed E-state index contributed by atoms with van der Waals surface area (Å²) in [5.41, 5.74) is 0. The fourth-order valence-corrected chi connectivity index (χ4v) is 3.05. The summed E-state index contributed by atoms with van der Waals surface area (Å²) in [6.07, 6.45) is 6.67. The predicted octanol–water partition coefficient (Wildman–Crippen LogP) is 1.09. The smallest absolute Gasteiger partial charge is 0.122 e. The van der Waals surface area contributed by atoms with E-state index < -0.39 is 0 Å². The van der Waals surface area contributed by atoms with Crippen LogP contribution in [0.3, 0.4) is 0 Å². The quantitative estimate of drug-likeness (QED) is 0.831. The molecule has 4 heteroatoms. The highest BCUT2D eigenvalue weighted by molar-refractivity contribution is 4.96. The lowest BCUT2D eigenvalue weighted by Crippen LogP contribution is -2.47. The summed E-state index contributed by atoms with van der Waals surface area (Å²) in [4.78, 5) is 6.96. The van der Waals surface area contributed by atoms with Gasteiger partial charge < -0.3 is 9.88 Å². The van der Waals surface area contributed by atoms with Gasteiger partial charge in [0, 0.05) is 38.1 Å². The van der Waals surface area contributed by atoms with Crippen LogP contribution >= 0.6 is 0 Å². The van der Waals surface area contributed by atoms with E-state index in [1.807, 2.05) is 6.20 Å². The maximum absolute atomic E-state index is 4.42. The number of hydrogen-bond donors (Lipinski definition) is 1. The van der Waals surface area contributed by atoms with Gasteiger partial charge in [-0.15, -0.1) is 0 Å². The Morgan fingerprint density at radius 2 is 2.41 bits per heavy atom. The molecular weight excluding hydrogens is 212 g/mol. The maximum Gasteiger partial charge on any atom is 0.122 e. The van der Waals surface area contributed by atoms with Crippen LogP contribution in [0.1, 0.15) is 25.6 Å². The van der Waals surface area contributed by atoms with Gasteiger partial charge in [0.05, 0.1) is 6.54 Å². The summed E-state index contributed by atoms with van der Waals surface area (Å²) >= 11 is 0. The molecule has 0 saturated carbocycles. The molecule has 2 aliphatic rings. The number of aromatic nitrogens is 2. The van der Waals surface area contributed by atoms with Crippen LogP contribution in [-0.2, 0) is 13.1 Å². The van der Waals surface area contributed by atoms with Crippen LogP contribution in [0.5, 0.6) is 0 Å². The van der Waals surface area contributed by atoms with Crippen molar-refractivity contribution >= 4 is 0 Å². The van der Waals surface area contributed by atoms with Crippen LogP contribution in [0.4, 0.5) is 0 Å². The van der Waals surface area contributed by atoms with Crippen molar-refractivity contribution in [2.75, 3.05) is 19.6 Å². The first-order valence-electron chi connectivity index (χ1n) is 6.77. The fraction of sp³-hybridized carbons (Fsp3) is 0.769. The summed E-state index contributed by atoms with van der Waals surface area (Å²) in [6.45, 7) is 8.01. The van der Waals surface area contributed by atoms with E-state index in [1.165, 1.54) is 31.8 Å².